The molecule has 0 radical (unpaired) electrons. The maximum absolute atomic E-state index is 9.84. The number of rotatable bonds is 5. The van der Waals surface area contributed by atoms with Crippen molar-refractivity contribution in [1.29, 1.82) is 0 Å². The number of nitrogens with one attached hydrogen (secondary N) is 1. The number of hydrogen-bond donors (Lipinski definition) is 2. The molecule has 106 valence electrons. The van der Waals surface area contributed by atoms with Crippen LogP contribution in [0.1, 0.15) is 29.7 Å². The lowest BCUT2D eigenvalue weighted by atomic mass is 10.1. The molecule has 0 saturated carbocycles. The van der Waals surface area contributed by atoms with Crippen LogP contribution in [0, 0.1) is 6.92 Å². The van der Waals surface area contributed by atoms with Crippen molar-refractivity contribution < 1.29 is 9.84 Å². The molecule has 2 aromatic carbocycles. The van der Waals surface area contributed by atoms with Gasteiger partial charge < -0.3 is 15.2 Å². The van der Waals surface area contributed by atoms with Gasteiger partial charge in [0.05, 0.1) is 7.11 Å². The highest BCUT2D eigenvalue weighted by atomic mass is 16.5. The Labute approximate surface area is 120 Å². The first-order valence-electron chi connectivity index (χ1n) is 6.76. The van der Waals surface area contributed by atoms with Crippen LogP contribution in [0.3, 0.4) is 0 Å². The Morgan fingerprint density at radius 3 is 2.75 bits per heavy atom. The van der Waals surface area contributed by atoms with Crippen LogP contribution in [0.25, 0.3) is 0 Å². The van der Waals surface area contributed by atoms with Crippen molar-refractivity contribution in [3.63, 3.8) is 0 Å². The number of aromatic hydroxyl groups is 1. The fraction of sp³-hybridized carbons (Fsp3) is 0.294. The number of aryl methyl sites for hydroxylation is 1. The van der Waals surface area contributed by atoms with E-state index in [0.717, 1.165) is 22.4 Å². The first kappa shape index (κ1) is 14.4. The van der Waals surface area contributed by atoms with Gasteiger partial charge in [0.2, 0.25) is 0 Å². The zero-order valence-electron chi connectivity index (χ0n) is 12.2. The maximum atomic E-state index is 9.84. The number of phenols is 1. The van der Waals surface area contributed by atoms with Crippen LogP contribution in [0.4, 0.5) is 0 Å². The van der Waals surface area contributed by atoms with Crippen LogP contribution in [-0.2, 0) is 6.54 Å². The smallest absolute Gasteiger partial charge is 0.120 e. The predicted octanol–water partition coefficient (Wildman–Crippen LogP) is 3.56. The van der Waals surface area contributed by atoms with E-state index in [9.17, 15) is 5.11 Å². The average Bonchev–Trinajstić information content (AvgIpc) is 2.48. The highest BCUT2D eigenvalue weighted by Gasteiger charge is 2.08. The van der Waals surface area contributed by atoms with Crippen LogP contribution in [0.5, 0.6) is 11.5 Å². The van der Waals surface area contributed by atoms with Gasteiger partial charge in [0, 0.05) is 18.2 Å². The van der Waals surface area contributed by atoms with Crippen molar-refractivity contribution >= 4 is 0 Å². The van der Waals surface area contributed by atoms with Crippen LogP contribution in [0.2, 0.25) is 0 Å². The number of phenolic OH excluding ortho intramolecular Hbond substituents is 1. The van der Waals surface area contributed by atoms with Crippen LogP contribution < -0.4 is 10.1 Å². The summed E-state index contributed by atoms with van der Waals surface area (Å²) in [5.74, 6) is 1.19. The molecule has 0 aliphatic carbocycles. The molecule has 3 nitrogen and oxygen atoms in total. The minimum Gasteiger partial charge on any atom is -0.508 e. The molecule has 0 fully saturated rings. The average molecular weight is 271 g/mol. The fourth-order valence-electron chi connectivity index (χ4n) is 2.15. The number of ether oxygens (including phenoxy) is 1. The molecule has 0 unspecified atom stereocenters. The van der Waals surface area contributed by atoms with E-state index in [1.165, 1.54) is 0 Å². The van der Waals surface area contributed by atoms with Crippen molar-refractivity contribution in [2.24, 2.45) is 0 Å². The van der Waals surface area contributed by atoms with Crippen LogP contribution in [0.15, 0.2) is 42.5 Å². The second kappa shape index (κ2) is 6.44. The van der Waals surface area contributed by atoms with E-state index >= 15 is 0 Å². The fourth-order valence-corrected chi connectivity index (χ4v) is 2.15. The molecule has 0 aromatic heterocycles. The first-order valence-corrected chi connectivity index (χ1v) is 6.76. The molecule has 2 rings (SSSR count). The van der Waals surface area contributed by atoms with Crippen molar-refractivity contribution in [1.82, 2.24) is 5.32 Å². The van der Waals surface area contributed by atoms with Crippen LogP contribution >= 0.6 is 0 Å². The van der Waals surface area contributed by atoms with Crippen molar-refractivity contribution in [3.8, 4) is 11.5 Å². The van der Waals surface area contributed by atoms with Gasteiger partial charge in [0.15, 0.2) is 0 Å². The quantitative estimate of drug-likeness (QED) is 0.873. The standard InChI is InChI=1S/C17H21NO2/c1-12-7-8-17(19)15(9-12)11-18-13(2)14-5-4-6-16(10-14)20-3/h4-10,13,18-19H,11H2,1-3H3/t13-/m1/s1. The van der Waals surface area contributed by atoms with E-state index in [1.807, 2.05) is 37.3 Å². The third kappa shape index (κ3) is 3.52. The molecule has 20 heavy (non-hydrogen) atoms. The second-order valence-corrected chi connectivity index (χ2v) is 5.01. The summed E-state index contributed by atoms with van der Waals surface area (Å²) >= 11 is 0. The first-order chi connectivity index (χ1) is 9.60. The van der Waals surface area contributed by atoms with Gasteiger partial charge in [-0.3, -0.25) is 0 Å². The predicted molar refractivity (Wildman–Crippen MR) is 81.1 cm³/mol. The Bertz CT molecular complexity index is 581. The maximum Gasteiger partial charge on any atom is 0.120 e. The number of benzene rings is 2. The Morgan fingerprint density at radius 2 is 2.00 bits per heavy atom. The lowest BCUT2D eigenvalue weighted by molar-refractivity contribution is 0.413. The molecule has 3 heteroatoms. The summed E-state index contributed by atoms with van der Waals surface area (Å²) in [5.41, 5.74) is 3.23. The normalized spacial score (nSPS) is 12.2. The summed E-state index contributed by atoms with van der Waals surface area (Å²) in [4.78, 5) is 0. The van der Waals surface area contributed by atoms with E-state index in [4.69, 9.17) is 4.74 Å². The van der Waals surface area contributed by atoms with Gasteiger partial charge in [-0.1, -0.05) is 29.8 Å². The molecule has 2 N–H and O–H groups in total. The summed E-state index contributed by atoms with van der Waals surface area (Å²) in [5, 5.41) is 13.3. The summed E-state index contributed by atoms with van der Waals surface area (Å²) in [7, 11) is 1.67. The van der Waals surface area contributed by atoms with Gasteiger partial charge in [0.25, 0.3) is 0 Å². The molecule has 0 amide bonds. The lowest BCUT2D eigenvalue weighted by Gasteiger charge is -2.16. The molecule has 0 aliphatic rings. The zero-order chi connectivity index (χ0) is 14.5. The third-order valence-corrected chi connectivity index (χ3v) is 3.43. The Balaban J connectivity index is 2.04. The van der Waals surface area contributed by atoms with Gasteiger partial charge in [-0.25, -0.2) is 0 Å². The molecule has 0 spiro atoms. The van der Waals surface area contributed by atoms with E-state index in [-0.39, 0.29) is 6.04 Å². The highest BCUT2D eigenvalue weighted by molar-refractivity contribution is 5.36. The molecule has 0 bridgehead atoms. The van der Waals surface area contributed by atoms with Crippen LogP contribution in [-0.4, -0.2) is 12.2 Å². The monoisotopic (exact) mass is 271 g/mol. The van der Waals surface area contributed by atoms with Gasteiger partial charge in [0.1, 0.15) is 11.5 Å². The molecule has 0 aliphatic heterocycles. The van der Waals surface area contributed by atoms with Crippen molar-refractivity contribution in [3.05, 3.63) is 59.2 Å². The molecule has 0 heterocycles. The largest absolute Gasteiger partial charge is 0.508 e. The Kier molecular flexibility index (Phi) is 4.64. The van der Waals surface area contributed by atoms with E-state index < -0.39 is 0 Å². The van der Waals surface area contributed by atoms with E-state index in [0.29, 0.717) is 12.3 Å². The molecular weight excluding hydrogens is 250 g/mol. The molecule has 0 saturated heterocycles. The molecule has 1 atom stereocenters. The Hall–Kier alpha value is -2.00. The topological polar surface area (TPSA) is 41.5 Å². The minimum atomic E-state index is 0.185. The van der Waals surface area contributed by atoms with Gasteiger partial charge >= 0.3 is 0 Å². The summed E-state index contributed by atoms with van der Waals surface area (Å²) in [6, 6.07) is 13.8. The summed E-state index contributed by atoms with van der Waals surface area (Å²) < 4.78 is 5.23. The lowest BCUT2D eigenvalue weighted by Crippen LogP contribution is -2.18. The summed E-state index contributed by atoms with van der Waals surface area (Å²) in [6.45, 7) is 4.75. The second-order valence-electron chi connectivity index (χ2n) is 5.01. The third-order valence-electron chi connectivity index (χ3n) is 3.43. The molecule has 2 aromatic rings. The zero-order valence-corrected chi connectivity index (χ0v) is 12.2. The van der Waals surface area contributed by atoms with Gasteiger partial charge in [-0.15, -0.1) is 0 Å². The van der Waals surface area contributed by atoms with Crippen molar-refractivity contribution in [2.75, 3.05) is 7.11 Å². The number of hydrogen-bond acceptors (Lipinski definition) is 3. The molecular formula is C17H21NO2. The van der Waals surface area contributed by atoms with Gasteiger partial charge in [-0.05, 0) is 37.6 Å². The SMILES string of the molecule is COc1cccc([C@@H](C)NCc2cc(C)ccc2O)c1. The minimum absolute atomic E-state index is 0.185. The van der Waals surface area contributed by atoms with Gasteiger partial charge in [-0.2, -0.15) is 0 Å². The van der Waals surface area contributed by atoms with E-state index in [1.54, 1.807) is 13.2 Å². The number of methoxy groups -OCH3 is 1. The van der Waals surface area contributed by atoms with E-state index in [2.05, 4.69) is 18.3 Å². The Morgan fingerprint density at radius 1 is 1.20 bits per heavy atom. The van der Waals surface area contributed by atoms with Crippen molar-refractivity contribution in [2.45, 2.75) is 26.4 Å². The highest BCUT2D eigenvalue weighted by Crippen LogP contribution is 2.21. The summed E-state index contributed by atoms with van der Waals surface area (Å²) in [6.07, 6.45) is 0.